The Hall–Kier alpha value is -2.36. The van der Waals surface area contributed by atoms with E-state index in [4.69, 9.17) is 0 Å². The zero-order valence-corrected chi connectivity index (χ0v) is 15.2. The van der Waals surface area contributed by atoms with Crippen LogP contribution in [0.4, 0.5) is 17.6 Å². The van der Waals surface area contributed by atoms with Crippen LogP contribution in [0.15, 0.2) is 60.7 Å². The Bertz CT molecular complexity index is 912. The quantitative estimate of drug-likeness (QED) is 0.392. The standard InChI is InChI=1S/C23H22F4/c1-2-3-6-19(20-11-12-21(22(24)15-20)23(25,26)27)14-16-9-10-17-7-4-5-8-18(17)13-16/h4-5,7-13,15,19H,2-3,6,14H2,1H3. The van der Waals surface area contributed by atoms with Gasteiger partial charge in [-0.15, -0.1) is 0 Å². The van der Waals surface area contributed by atoms with Crippen LogP contribution in [0.1, 0.15) is 48.8 Å². The molecule has 0 aliphatic heterocycles. The highest BCUT2D eigenvalue weighted by Crippen LogP contribution is 2.34. The number of halogens is 4. The van der Waals surface area contributed by atoms with Gasteiger partial charge in [0.25, 0.3) is 0 Å². The third-order valence-corrected chi connectivity index (χ3v) is 4.97. The van der Waals surface area contributed by atoms with Crippen molar-refractivity contribution in [2.24, 2.45) is 0 Å². The molecule has 0 amide bonds. The summed E-state index contributed by atoms with van der Waals surface area (Å²) in [6, 6.07) is 17.6. The number of hydrogen-bond donors (Lipinski definition) is 0. The van der Waals surface area contributed by atoms with Crippen molar-refractivity contribution in [1.29, 1.82) is 0 Å². The molecule has 1 atom stereocenters. The van der Waals surface area contributed by atoms with Gasteiger partial charge in [0.1, 0.15) is 5.82 Å². The molecule has 0 aromatic heterocycles. The fourth-order valence-corrected chi connectivity index (χ4v) is 3.50. The summed E-state index contributed by atoms with van der Waals surface area (Å²) in [7, 11) is 0. The second-order valence-corrected chi connectivity index (χ2v) is 6.96. The first-order chi connectivity index (χ1) is 12.9. The van der Waals surface area contributed by atoms with E-state index < -0.39 is 17.6 Å². The molecule has 3 rings (SSSR count). The average Bonchev–Trinajstić information content (AvgIpc) is 2.64. The van der Waals surface area contributed by atoms with Gasteiger partial charge in [0.2, 0.25) is 0 Å². The second kappa shape index (κ2) is 8.12. The number of alkyl halides is 3. The number of benzene rings is 3. The average molecular weight is 374 g/mol. The van der Waals surface area contributed by atoms with Crippen LogP contribution in [-0.2, 0) is 12.6 Å². The summed E-state index contributed by atoms with van der Waals surface area (Å²) in [4.78, 5) is 0. The number of fused-ring (bicyclic) bond motifs is 1. The summed E-state index contributed by atoms with van der Waals surface area (Å²) in [5, 5.41) is 2.27. The van der Waals surface area contributed by atoms with Gasteiger partial charge in [-0.3, -0.25) is 0 Å². The van der Waals surface area contributed by atoms with E-state index in [9.17, 15) is 17.6 Å². The van der Waals surface area contributed by atoms with Crippen molar-refractivity contribution in [1.82, 2.24) is 0 Å². The molecule has 142 valence electrons. The Balaban J connectivity index is 1.90. The number of unbranched alkanes of at least 4 members (excludes halogenated alkanes) is 1. The molecule has 0 fully saturated rings. The molecule has 3 aromatic rings. The molecule has 3 aromatic carbocycles. The second-order valence-electron chi connectivity index (χ2n) is 6.96. The molecule has 0 aliphatic carbocycles. The lowest BCUT2D eigenvalue weighted by atomic mass is 9.86. The molecule has 0 nitrogen and oxygen atoms in total. The summed E-state index contributed by atoms with van der Waals surface area (Å²) in [6.45, 7) is 2.07. The normalized spacial score (nSPS) is 13.1. The highest BCUT2D eigenvalue weighted by atomic mass is 19.4. The number of rotatable bonds is 6. The fraction of sp³-hybridized carbons (Fsp3) is 0.304. The van der Waals surface area contributed by atoms with Crippen molar-refractivity contribution >= 4 is 10.8 Å². The monoisotopic (exact) mass is 374 g/mol. The van der Waals surface area contributed by atoms with E-state index in [-0.39, 0.29) is 5.92 Å². The summed E-state index contributed by atoms with van der Waals surface area (Å²) in [5.41, 5.74) is 0.531. The lowest BCUT2D eigenvalue weighted by Crippen LogP contribution is -2.10. The Morgan fingerprint density at radius 3 is 2.30 bits per heavy atom. The minimum absolute atomic E-state index is 0.0112. The summed E-state index contributed by atoms with van der Waals surface area (Å²) in [6.07, 6.45) is -1.25. The molecule has 0 spiro atoms. The minimum atomic E-state index is -4.67. The van der Waals surface area contributed by atoms with Crippen molar-refractivity contribution in [2.45, 2.75) is 44.7 Å². The van der Waals surface area contributed by atoms with Gasteiger partial charge < -0.3 is 0 Å². The minimum Gasteiger partial charge on any atom is -0.206 e. The fourth-order valence-electron chi connectivity index (χ4n) is 3.50. The van der Waals surface area contributed by atoms with Crippen LogP contribution in [-0.4, -0.2) is 0 Å². The van der Waals surface area contributed by atoms with Gasteiger partial charge >= 0.3 is 6.18 Å². The lowest BCUT2D eigenvalue weighted by Gasteiger charge is -2.19. The molecule has 1 unspecified atom stereocenters. The highest BCUT2D eigenvalue weighted by Gasteiger charge is 2.34. The van der Waals surface area contributed by atoms with Gasteiger partial charge in [-0.25, -0.2) is 4.39 Å². The molecule has 0 radical (unpaired) electrons. The molecule has 0 heterocycles. The summed E-state index contributed by atoms with van der Waals surface area (Å²) in [5.74, 6) is -1.21. The first-order valence-electron chi connectivity index (χ1n) is 9.23. The van der Waals surface area contributed by atoms with Crippen molar-refractivity contribution in [3.05, 3.63) is 83.2 Å². The van der Waals surface area contributed by atoms with Gasteiger partial charge in [0.05, 0.1) is 5.56 Å². The molecule has 0 saturated carbocycles. The molecule has 0 N–H and O–H groups in total. The first-order valence-corrected chi connectivity index (χ1v) is 9.23. The molecular weight excluding hydrogens is 352 g/mol. The van der Waals surface area contributed by atoms with Crippen molar-refractivity contribution < 1.29 is 17.6 Å². The zero-order valence-electron chi connectivity index (χ0n) is 15.2. The maximum Gasteiger partial charge on any atom is 0.419 e. The van der Waals surface area contributed by atoms with E-state index in [0.717, 1.165) is 47.7 Å². The van der Waals surface area contributed by atoms with Gasteiger partial charge in [-0.1, -0.05) is 68.3 Å². The summed E-state index contributed by atoms with van der Waals surface area (Å²) >= 11 is 0. The third kappa shape index (κ3) is 4.68. The lowest BCUT2D eigenvalue weighted by molar-refractivity contribution is -0.140. The molecule has 0 saturated heterocycles. The summed E-state index contributed by atoms with van der Waals surface area (Å²) < 4.78 is 52.6. The first kappa shape index (κ1) is 19.4. The van der Waals surface area contributed by atoms with Crippen molar-refractivity contribution in [2.75, 3.05) is 0 Å². The Kier molecular flexibility index (Phi) is 5.83. The van der Waals surface area contributed by atoms with E-state index in [2.05, 4.69) is 19.1 Å². The van der Waals surface area contributed by atoms with Crippen LogP contribution in [0.25, 0.3) is 10.8 Å². The Morgan fingerprint density at radius 1 is 0.889 bits per heavy atom. The van der Waals surface area contributed by atoms with Crippen LogP contribution < -0.4 is 0 Å². The van der Waals surface area contributed by atoms with Gasteiger partial charge in [0.15, 0.2) is 0 Å². The third-order valence-electron chi connectivity index (χ3n) is 4.97. The van der Waals surface area contributed by atoms with Crippen LogP contribution in [0.5, 0.6) is 0 Å². The van der Waals surface area contributed by atoms with Gasteiger partial charge in [-0.05, 0) is 52.8 Å². The van der Waals surface area contributed by atoms with E-state index >= 15 is 0 Å². The smallest absolute Gasteiger partial charge is 0.206 e. The van der Waals surface area contributed by atoms with Crippen LogP contribution in [0.2, 0.25) is 0 Å². The van der Waals surface area contributed by atoms with Crippen LogP contribution in [0.3, 0.4) is 0 Å². The molecule has 0 bridgehead atoms. The molecule has 0 aliphatic rings. The van der Waals surface area contributed by atoms with Crippen LogP contribution in [0, 0.1) is 5.82 Å². The number of hydrogen-bond acceptors (Lipinski definition) is 0. The maximum absolute atomic E-state index is 14.1. The zero-order chi connectivity index (χ0) is 19.4. The molecular formula is C23H22F4. The highest BCUT2D eigenvalue weighted by molar-refractivity contribution is 5.83. The van der Waals surface area contributed by atoms with E-state index in [1.807, 2.05) is 30.3 Å². The Morgan fingerprint density at radius 2 is 1.63 bits per heavy atom. The largest absolute Gasteiger partial charge is 0.419 e. The predicted molar refractivity (Wildman–Crippen MR) is 101 cm³/mol. The molecule has 4 heteroatoms. The Labute approximate surface area is 156 Å². The topological polar surface area (TPSA) is 0 Å². The van der Waals surface area contributed by atoms with Crippen molar-refractivity contribution in [3.8, 4) is 0 Å². The predicted octanol–water partition coefficient (Wildman–Crippen LogP) is 7.51. The van der Waals surface area contributed by atoms with Gasteiger partial charge in [-0.2, -0.15) is 13.2 Å². The van der Waals surface area contributed by atoms with Gasteiger partial charge in [0, 0.05) is 0 Å². The van der Waals surface area contributed by atoms with E-state index in [1.165, 1.54) is 6.07 Å². The van der Waals surface area contributed by atoms with Crippen molar-refractivity contribution in [3.63, 3.8) is 0 Å². The van der Waals surface area contributed by atoms with Crippen LogP contribution >= 0.6 is 0 Å². The van der Waals surface area contributed by atoms with E-state index in [0.29, 0.717) is 12.0 Å². The van der Waals surface area contributed by atoms with E-state index in [1.54, 1.807) is 0 Å². The molecule has 27 heavy (non-hydrogen) atoms. The SMILES string of the molecule is CCCCC(Cc1ccc2ccccc2c1)c1ccc(C(F)(F)F)c(F)c1. The maximum atomic E-state index is 14.1.